The molecule has 0 saturated heterocycles. The lowest BCUT2D eigenvalue weighted by Gasteiger charge is -2.08. The predicted octanol–water partition coefficient (Wildman–Crippen LogP) is 7.58. The van der Waals surface area contributed by atoms with E-state index in [0.717, 1.165) is 22.2 Å². The third-order valence-electron chi connectivity index (χ3n) is 5.07. The van der Waals surface area contributed by atoms with E-state index in [4.69, 9.17) is 32.7 Å². The second-order valence-corrected chi connectivity index (χ2v) is 9.26. The van der Waals surface area contributed by atoms with Gasteiger partial charge in [-0.3, -0.25) is 10.1 Å². The number of carbonyl (C=O) groups is 1. The van der Waals surface area contributed by atoms with Crippen molar-refractivity contribution >= 4 is 67.6 Å². The predicted molar refractivity (Wildman–Crippen MR) is 140 cm³/mol. The molecule has 0 aliphatic rings. The molecule has 0 fully saturated rings. The van der Waals surface area contributed by atoms with Crippen LogP contribution in [0.2, 0.25) is 5.02 Å². The second-order valence-electron chi connectivity index (χ2n) is 7.53. The Hall–Kier alpha value is -3.60. The minimum Gasteiger partial charge on any atom is -0.451 e. The topological polar surface area (TPSA) is 80.3 Å². The highest BCUT2D eigenvalue weighted by molar-refractivity contribution is 9.10. The first kappa shape index (κ1) is 24.1. The summed E-state index contributed by atoms with van der Waals surface area (Å²) >= 11 is 14.6. The van der Waals surface area contributed by atoms with Crippen LogP contribution in [0.3, 0.4) is 0 Å². The summed E-state index contributed by atoms with van der Waals surface area (Å²) in [6.07, 6.45) is 0. The van der Waals surface area contributed by atoms with Crippen molar-refractivity contribution in [3.63, 3.8) is 0 Å². The second kappa shape index (κ2) is 9.81. The van der Waals surface area contributed by atoms with Crippen molar-refractivity contribution in [3.05, 3.63) is 93.6 Å². The van der Waals surface area contributed by atoms with E-state index in [1.807, 2.05) is 24.3 Å². The lowest BCUT2D eigenvalue weighted by Crippen LogP contribution is -2.33. The summed E-state index contributed by atoms with van der Waals surface area (Å²) in [5, 5.41) is 5.45. The fraction of sp³-hybridized carbons (Fsp3) is 0. The van der Waals surface area contributed by atoms with E-state index in [2.05, 4.69) is 31.5 Å². The van der Waals surface area contributed by atoms with E-state index in [0.29, 0.717) is 22.5 Å². The number of rotatable bonds is 4. The van der Waals surface area contributed by atoms with Crippen LogP contribution in [0, 0.1) is 11.6 Å². The molecule has 5 rings (SSSR count). The smallest absolute Gasteiger partial charge is 0.293 e. The molecule has 36 heavy (non-hydrogen) atoms. The third-order valence-corrected chi connectivity index (χ3v) is 6.12. The number of nitrogens with zero attached hydrogens (tertiary/aromatic N) is 1. The number of aromatic nitrogens is 1. The van der Waals surface area contributed by atoms with Crippen LogP contribution in [-0.4, -0.2) is 16.0 Å². The monoisotopic (exact) mass is 587 g/mol. The minimum atomic E-state index is -1.07. The summed E-state index contributed by atoms with van der Waals surface area (Å²) in [4.78, 5) is 16.9. The fourth-order valence-electron chi connectivity index (χ4n) is 3.36. The Morgan fingerprint density at radius 3 is 2.50 bits per heavy atom. The maximum atomic E-state index is 13.7. The molecular formula is C25H13BrClF2N3O3S. The van der Waals surface area contributed by atoms with Crippen LogP contribution in [0.4, 0.5) is 14.5 Å². The Balaban J connectivity index is 1.28. The molecule has 0 aliphatic heterocycles. The van der Waals surface area contributed by atoms with Gasteiger partial charge in [-0.15, -0.1) is 0 Å². The van der Waals surface area contributed by atoms with Crippen molar-refractivity contribution in [2.45, 2.75) is 0 Å². The lowest BCUT2D eigenvalue weighted by atomic mass is 10.2. The molecule has 2 heterocycles. The molecule has 5 aromatic rings. The third kappa shape index (κ3) is 5.01. The molecule has 2 N–H and O–H groups in total. The van der Waals surface area contributed by atoms with Crippen LogP contribution in [-0.2, 0) is 0 Å². The Bertz CT molecular complexity index is 1640. The van der Waals surface area contributed by atoms with Gasteiger partial charge in [0.2, 0.25) is 5.89 Å². The summed E-state index contributed by atoms with van der Waals surface area (Å²) in [6, 6.07) is 17.4. The summed E-state index contributed by atoms with van der Waals surface area (Å²) in [5.74, 6) is -1.99. The van der Waals surface area contributed by atoms with Gasteiger partial charge >= 0.3 is 0 Å². The largest absolute Gasteiger partial charge is 0.451 e. The van der Waals surface area contributed by atoms with Crippen LogP contribution in [0.25, 0.3) is 33.9 Å². The van der Waals surface area contributed by atoms with E-state index < -0.39 is 17.5 Å². The first-order chi connectivity index (χ1) is 17.3. The quantitative estimate of drug-likeness (QED) is 0.166. The minimum absolute atomic E-state index is 0.0290. The molecule has 11 heteroatoms. The Kier molecular flexibility index (Phi) is 6.57. The van der Waals surface area contributed by atoms with Gasteiger partial charge in [0.15, 0.2) is 28.1 Å². The first-order valence-electron chi connectivity index (χ1n) is 10.3. The van der Waals surface area contributed by atoms with E-state index in [1.165, 1.54) is 0 Å². The van der Waals surface area contributed by atoms with Crippen LogP contribution >= 0.6 is 39.7 Å². The molecule has 2 aromatic heterocycles. The molecule has 0 aliphatic carbocycles. The zero-order valence-corrected chi connectivity index (χ0v) is 21.1. The van der Waals surface area contributed by atoms with Crippen molar-refractivity contribution < 1.29 is 22.4 Å². The molecular weight excluding hydrogens is 576 g/mol. The number of amides is 1. The lowest BCUT2D eigenvalue weighted by molar-refractivity contribution is 0.0951. The first-order valence-corrected chi connectivity index (χ1v) is 11.9. The summed E-state index contributed by atoms with van der Waals surface area (Å²) in [6.45, 7) is 0. The van der Waals surface area contributed by atoms with E-state index >= 15 is 0 Å². The van der Waals surface area contributed by atoms with Crippen molar-refractivity contribution in [1.82, 2.24) is 10.3 Å². The van der Waals surface area contributed by atoms with Gasteiger partial charge in [-0.05, 0) is 66.8 Å². The van der Waals surface area contributed by atoms with Crippen LogP contribution in [0.15, 0.2) is 80.0 Å². The Morgan fingerprint density at radius 1 is 0.972 bits per heavy atom. The normalized spacial score (nSPS) is 11.0. The molecule has 3 aromatic carbocycles. The van der Waals surface area contributed by atoms with Gasteiger partial charge in [-0.1, -0.05) is 39.7 Å². The van der Waals surface area contributed by atoms with E-state index in [-0.39, 0.29) is 27.3 Å². The molecule has 0 unspecified atom stereocenters. The maximum Gasteiger partial charge on any atom is 0.293 e. The Labute approximate surface area is 221 Å². The molecule has 0 radical (unpaired) electrons. The summed E-state index contributed by atoms with van der Waals surface area (Å²) < 4.78 is 39.3. The number of benzene rings is 3. The number of oxazole rings is 1. The Morgan fingerprint density at radius 2 is 1.72 bits per heavy atom. The highest BCUT2D eigenvalue weighted by Gasteiger charge is 2.17. The summed E-state index contributed by atoms with van der Waals surface area (Å²) in [5.41, 5.74) is 2.25. The van der Waals surface area contributed by atoms with Crippen molar-refractivity contribution in [3.8, 4) is 22.8 Å². The number of carbonyl (C=O) groups excluding carboxylic acids is 1. The van der Waals surface area contributed by atoms with Gasteiger partial charge < -0.3 is 14.2 Å². The maximum absolute atomic E-state index is 13.7. The van der Waals surface area contributed by atoms with Gasteiger partial charge in [0.25, 0.3) is 5.91 Å². The molecule has 6 nitrogen and oxygen atoms in total. The molecule has 0 spiro atoms. The van der Waals surface area contributed by atoms with Crippen LogP contribution in [0.5, 0.6) is 0 Å². The zero-order valence-electron chi connectivity index (χ0n) is 17.9. The van der Waals surface area contributed by atoms with Crippen molar-refractivity contribution in [2.75, 3.05) is 5.32 Å². The average Bonchev–Trinajstić information content (AvgIpc) is 3.49. The highest BCUT2D eigenvalue weighted by Crippen LogP contribution is 2.32. The zero-order chi connectivity index (χ0) is 25.4. The van der Waals surface area contributed by atoms with Gasteiger partial charge in [-0.2, -0.15) is 0 Å². The number of hydrogen-bond acceptors (Lipinski definition) is 5. The van der Waals surface area contributed by atoms with E-state index in [1.54, 1.807) is 30.3 Å². The number of anilines is 1. The molecule has 0 saturated carbocycles. The van der Waals surface area contributed by atoms with Gasteiger partial charge in [0.1, 0.15) is 11.3 Å². The number of furan rings is 1. The number of halogens is 4. The fourth-order valence-corrected chi connectivity index (χ4v) is 4.07. The average molecular weight is 589 g/mol. The molecule has 180 valence electrons. The van der Waals surface area contributed by atoms with Crippen LogP contribution < -0.4 is 10.6 Å². The van der Waals surface area contributed by atoms with Crippen molar-refractivity contribution in [1.29, 1.82) is 0 Å². The van der Waals surface area contributed by atoms with Crippen molar-refractivity contribution in [2.24, 2.45) is 0 Å². The summed E-state index contributed by atoms with van der Waals surface area (Å²) in [7, 11) is 0. The standard InChI is InChI=1S/C25H13BrClF2N3O3S/c26-13-3-1-12(2-4-13)20-7-8-22(34-20)23(33)32-25(36)30-14-5-6-21-19(9-14)31-24(35-21)15-10-17(28)18(29)11-16(15)27/h1-11H,(H2,30,32,33,36). The molecule has 1 amide bonds. The number of hydrogen-bond donors (Lipinski definition) is 2. The van der Waals surface area contributed by atoms with E-state index in [9.17, 15) is 13.6 Å². The van der Waals surface area contributed by atoms with Gasteiger partial charge in [-0.25, -0.2) is 13.8 Å². The number of thiocarbonyl (C=S) groups is 1. The molecule has 0 atom stereocenters. The van der Waals surface area contributed by atoms with Crippen LogP contribution in [0.1, 0.15) is 10.6 Å². The van der Waals surface area contributed by atoms with Gasteiger partial charge in [0.05, 0.1) is 10.6 Å². The van der Waals surface area contributed by atoms with Gasteiger partial charge in [0, 0.05) is 15.7 Å². The SMILES string of the molecule is O=C(NC(=S)Nc1ccc2oc(-c3cc(F)c(F)cc3Cl)nc2c1)c1ccc(-c2ccc(Br)cc2)o1. The number of nitrogens with one attached hydrogen (secondary N) is 2. The highest BCUT2D eigenvalue weighted by atomic mass is 79.9. The molecule has 0 bridgehead atoms. The number of fused-ring (bicyclic) bond motifs is 1.